The lowest BCUT2D eigenvalue weighted by molar-refractivity contribution is 0.198. The molecule has 0 amide bonds. The molecule has 13 heavy (non-hydrogen) atoms. The van der Waals surface area contributed by atoms with Crippen LogP contribution in [0.1, 0.15) is 6.42 Å². The second-order valence-corrected chi connectivity index (χ2v) is 3.22. The van der Waals surface area contributed by atoms with Crippen LogP contribution in [-0.2, 0) is 0 Å². The van der Waals surface area contributed by atoms with E-state index in [9.17, 15) is 9.50 Å². The Balaban J connectivity index is 2.13. The summed E-state index contributed by atoms with van der Waals surface area (Å²) < 4.78 is 12.5. The Kier molecular flexibility index (Phi) is 2.14. The molecule has 0 unspecified atom stereocenters. The molecule has 1 N–H and O–H groups in total. The molecule has 0 bridgehead atoms. The molecule has 0 aliphatic carbocycles. The summed E-state index contributed by atoms with van der Waals surface area (Å²) in [6.45, 7) is 1.39. The third-order valence-electron chi connectivity index (χ3n) is 2.20. The highest BCUT2D eigenvalue weighted by Crippen LogP contribution is 2.17. The maximum Gasteiger partial charge on any atom is 0.141 e. The molecule has 0 spiro atoms. The van der Waals surface area contributed by atoms with E-state index in [0.717, 1.165) is 18.8 Å². The molecule has 3 nitrogen and oxygen atoms in total. The Labute approximate surface area is 75.8 Å². The summed E-state index contributed by atoms with van der Waals surface area (Å²) in [4.78, 5) is 5.88. The number of hydrogen-bond donors (Lipinski definition) is 1. The van der Waals surface area contributed by atoms with Crippen LogP contribution >= 0.6 is 0 Å². The molecular formula is C9H11FN2O. The van der Waals surface area contributed by atoms with E-state index >= 15 is 0 Å². The van der Waals surface area contributed by atoms with Gasteiger partial charge in [-0.1, -0.05) is 0 Å². The molecule has 4 heteroatoms. The van der Waals surface area contributed by atoms with E-state index in [1.807, 2.05) is 4.90 Å². The van der Waals surface area contributed by atoms with Gasteiger partial charge in [0.1, 0.15) is 11.6 Å². The van der Waals surface area contributed by atoms with Crippen molar-refractivity contribution in [1.82, 2.24) is 4.98 Å². The highest BCUT2D eigenvalue weighted by atomic mass is 19.1. The van der Waals surface area contributed by atoms with Crippen LogP contribution in [0.5, 0.6) is 0 Å². The number of pyridine rings is 1. The summed E-state index contributed by atoms with van der Waals surface area (Å²) in [5.74, 6) is 0.404. The molecule has 0 aromatic carbocycles. The average molecular weight is 182 g/mol. The van der Waals surface area contributed by atoms with Gasteiger partial charge in [-0.3, -0.25) is 0 Å². The first-order chi connectivity index (χ1) is 6.25. The van der Waals surface area contributed by atoms with Crippen LogP contribution in [0.3, 0.4) is 0 Å². The molecule has 0 radical (unpaired) electrons. The van der Waals surface area contributed by atoms with E-state index in [0.29, 0.717) is 6.54 Å². The fourth-order valence-corrected chi connectivity index (χ4v) is 1.50. The molecule has 2 rings (SSSR count). The summed E-state index contributed by atoms with van der Waals surface area (Å²) >= 11 is 0. The topological polar surface area (TPSA) is 36.4 Å². The molecule has 2 heterocycles. The van der Waals surface area contributed by atoms with Crippen molar-refractivity contribution in [3.05, 3.63) is 24.1 Å². The molecule has 1 fully saturated rings. The van der Waals surface area contributed by atoms with Gasteiger partial charge in [0.15, 0.2) is 0 Å². The smallest absolute Gasteiger partial charge is 0.141 e. The molecule has 1 aromatic rings. The van der Waals surface area contributed by atoms with E-state index < -0.39 is 0 Å². The first kappa shape index (κ1) is 8.44. The zero-order chi connectivity index (χ0) is 9.26. The molecule has 0 saturated carbocycles. The van der Waals surface area contributed by atoms with Crippen LogP contribution < -0.4 is 4.90 Å². The fourth-order valence-electron chi connectivity index (χ4n) is 1.50. The Morgan fingerprint density at radius 3 is 2.92 bits per heavy atom. The third-order valence-corrected chi connectivity index (χ3v) is 2.20. The highest BCUT2D eigenvalue weighted by Gasteiger charge is 2.20. The second-order valence-electron chi connectivity index (χ2n) is 3.22. The standard InChI is InChI=1S/C9H11FN2O/c10-7-1-2-9(11-5-7)12-4-3-8(13)6-12/h1-2,5,8,13H,3-4,6H2/t8-/m1/s1. The number of rotatable bonds is 1. The number of nitrogens with zero attached hydrogens (tertiary/aromatic N) is 2. The van der Waals surface area contributed by atoms with Crippen molar-refractivity contribution in [2.45, 2.75) is 12.5 Å². The van der Waals surface area contributed by atoms with Crippen LogP contribution in [0.15, 0.2) is 18.3 Å². The van der Waals surface area contributed by atoms with Gasteiger partial charge in [0.25, 0.3) is 0 Å². The molecule has 1 aliphatic heterocycles. The van der Waals surface area contributed by atoms with Gasteiger partial charge in [-0.05, 0) is 18.6 Å². The van der Waals surface area contributed by atoms with Crippen LogP contribution in [0.2, 0.25) is 0 Å². The molecule has 70 valence electrons. The maximum absolute atomic E-state index is 12.5. The van der Waals surface area contributed by atoms with Crippen molar-refractivity contribution >= 4 is 5.82 Å². The minimum absolute atomic E-state index is 0.271. The number of aromatic nitrogens is 1. The lowest BCUT2D eigenvalue weighted by Crippen LogP contribution is -2.22. The number of halogens is 1. The monoisotopic (exact) mass is 182 g/mol. The summed E-state index contributed by atoms with van der Waals surface area (Å²) in [7, 11) is 0. The summed E-state index contributed by atoms with van der Waals surface area (Å²) in [5, 5.41) is 9.27. The molecule has 1 aromatic heterocycles. The quantitative estimate of drug-likeness (QED) is 0.697. The van der Waals surface area contributed by atoms with Crippen molar-refractivity contribution in [1.29, 1.82) is 0 Å². The second kappa shape index (κ2) is 3.30. The lowest BCUT2D eigenvalue weighted by Gasteiger charge is -2.15. The Morgan fingerprint density at radius 1 is 1.54 bits per heavy atom. The van der Waals surface area contributed by atoms with Gasteiger partial charge in [0.05, 0.1) is 12.3 Å². The zero-order valence-electron chi connectivity index (χ0n) is 7.15. The van der Waals surface area contributed by atoms with Crippen molar-refractivity contribution in [3.63, 3.8) is 0 Å². The number of aliphatic hydroxyl groups is 1. The van der Waals surface area contributed by atoms with Crippen molar-refractivity contribution in [3.8, 4) is 0 Å². The van der Waals surface area contributed by atoms with Crippen molar-refractivity contribution in [2.24, 2.45) is 0 Å². The summed E-state index contributed by atoms with van der Waals surface area (Å²) in [5.41, 5.74) is 0. The van der Waals surface area contributed by atoms with E-state index in [1.165, 1.54) is 12.3 Å². The van der Waals surface area contributed by atoms with E-state index in [2.05, 4.69) is 4.98 Å². The predicted molar refractivity (Wildman–Crippen MR) is 47.0 cm³/mol. The van der Waals surface area contributed by atoms with Gasteiger partial charge in [-0.15, -0.1) is 0 Å². The van der Waals surface area contributed by atoms with Gasteiger partial charge in [-0.2, -0.15) is 0 Å². The van der Waals surface area contributed by atoms with Crippen LogP contribution in [0.25, 0.3) is 0 Å². The summed E-state index contributed by atoms with van der Waals surface area (Å²) in [6.07, 6.45) is 1.69. The van der Waals surface area contributed by atoms with E-state index in [1.54, 1.807) is 6.07 Å². The Morgan fingerprint density at radius 2 is 2.38 bits per heavy atom. The third kappa shape index (κ3) is 1.78. The van der Waals surface area contributed by atoms with Crippen LogP contribution in [0, 0.1) is 5.82 Å². The van der Waals surface area contributed by atoms with Gasteiger partial charge >= 0.3 is 0 Å². The zero-order valence-corrected chi connectivity index (χ0v) is 7.15. The Hall–Kier alpha value is -1.16. The van der Waals surface area contributed by atoms with Gasteiger partial charge in [0.2, 0.25) is 0 Å². The minimum atomic E-state index is -0.330. The van der Waals surface area contributed by atoms with Crippen LogP contribution in [0.4, 0.5) is 10.2 Å². The molecule has 1 saturated heterocycles. The number of aliphatic hydroxyl groups excluding tert-OH is 1. The van der Waals surface area contributed by atoms with Crippen LogP contribution in [-0.4, -0.2) is 29.3 Å². The van der Waals surface area contributed by atoms with Gasteiger partial charge < -0.3 is 10.0 Å². The van der Waals surface area contributed by atoms with Gasteiger partial charge in [-0.25, -0.2) is 9.37 Å². The maximum atomic E-state index is 12.5. The summed E-state index contributed by atoms with van der Waals surface area (Å²) in [6, 6.07) is 3.01. The number of anilines is 1. The average Bonchev–Trinajstić information content (AvgIpc) is 2.53. The van der Waals surface area contributed by atoms with Crippen molar-refractivity contribution in [2.75, 3.05) is 18.0 Å². The molecule has 1 atom stereocenters. The van der Waals surface area contributed by atoms with Crippen molar-refractivity contribution < 1.29 is 9.50 Å². The highest BCUT2D eigenvalue weighted by molar-refractivity contribution is 5.39. The largest absolute Gasteiger partial charge is 0.391 e. The number of β-amino-alcohol motifs (C(OH)–C–C–N with tert-alkyl or cyclic N) is 1. The van der Waals surface area contributed by atoms with E-state index in [4.69, 9.17) is 0 Å². The Bertz CT molecular complexity index is 288. The van der Waals surface area contributed by atoms with Gasteiger partial charge in [0, 0.05) is 13.1 Å². The first-order valence-corrected chi connectivity index (χ1v) is 4.30. The minimum Gasteiger partial charge on any atom is -0.391 e. The molecule has 1 aliphatic rings. The van der Waals surface area contributed by atoms with E-state index in [-0.39, 0.29) is 11.9 Å². The normalized spacial score (nSPS) is 22.3. The number of hydrogen-bond acceptors (Lipinski definition) is 3. The lowest BCUT2D eigenvalue weighted by atomic mass is 10.3. The SMILES string of the molecule is O[C@@H]1CCN(c2ccc(F)cn2)C1. The molecular weight excluding hydrogens is 171 g/mol. The predicted octanol–water partition coefficient (Wildman–Crippen LogP) is 0.792. The first-order valence-electron chi connectivity index (χ1n) is 4.30. The fraction of sp³-hybridized carbons (Fsp3) is 0.444.